The maximum absolute atomic E-state index is 12.2. The molecule has 1 aromatic heterocycles. The molecule has 3 aromatic rings. The molecule has 0 aliphatic carbocycles. The first-order valence-corrected chi connectivity index (χ1v) is 9.34. The Labute approximate surface area is 139 Å². The molecule has 1 aliphatic rings. The molecule has 24 heavy (non-hydrogen) atoms. The van der Waals surface area contributed by atoms with E-state index in [0.29, 0.717) is 11.3 Å². The van der Waals surface area contributed by atoms with Gasteiger partial charge in [-0.1, -0.05) is 12.1 Å². The van der Waals surface area contributed by atoms with Crippen molar-refractivity contribution in [1.29, 1.82) is 0 Å². The largest absolute Gasteiger partial charge is 0.392 e. The maximum Gasteiger partial charge on any atom is 0.179 e. The molecule has 122 valence electrons. The van der Waals surface area contributed by atoms with E-state index in [4.69, 9.17) is 0 Å². The molecular formula is C18H16N2O3S. The Kier molecular flexibility index (Phi) is 3.51. The van der Waals surface area contributed by atoms with E-state index in [1.807, 2.05) is 30.3 Å². The van der Waals surface area contributed by atoms with Gasteiger partial charge in [0.25, 0.3) is 0 Å². The summed E-state index contributed by atoms with van der Waals surface area (Å²) in [6.07, 6.45) is 2.21. The molecule has 6 heteroatoms. The van der Waals surface area contributed by atoms with Crippen molar-refractivity contribution in [1.82, 2.24) is 4.98 Å². The molecule has 0 saturated heterocycles. The van der Waals surface area contributed by atoms with Crippen molar-refractivity contribution in [2.75, 3.05) is 11.1 Å². The maximum atomic E-state index is 12.2. The Morgan fingerprint density at radius 2 is 2.04 bits per heavy atom. The number of aryl methyl sites for hydroxylation is 1. The normalized spacial score (nSPS) is 15.4. The molecule has 0 amide bonds. The lowest BCUT2D eigenvalue weighted by atomic mass is 10.0. The first kappa shape index (κ1) is 15.1. The summed E-state index contributed by atoms with van der Waals surface area (Å²) in [4.78, 5) is 4.78. The van der Waals surface area contributed by atoms with Gasteiger partial charge < -0.3 is 10.4 Å². The highest BCUT2D eigenvalue weighted by Crippen LogP contribution is 2.36. The van der Waals surface area contributed by atoms with Gasteiger partial charge in [-0.3, -0.25) is 4.98 Å². The number of aromatic nitrogens is 1. The molecular weight excluding hydrogens is 324 g/mol. The number of aliphatic hydroxyl groups is 1. The third kappa shape index (κ3) is 2.44. The number of anilines is 2. The lowest BCUT2D eigenvalue weighted by Crippen LogP contribution is -1.99. The van der Waals surface area contributed by atoms with Crippen LogP contribution in [0.2, 0.25) is 0 Å². The molecule has 0 fully saturated rings. The molecule has 0 atom stereocenters. The van der Waals surface area contributed by atoms with Gasteiger partial charge in [0.05, 0.1) is 22.8 Å². The van der Waals surface area contributed by atoms with Gasteiger partial charge in [0.2, 0.25) is 0 Å². The van der Waals surface area contributed by atoms with Crippen LogP contribution < -0.4 is 5.32 Å². The molecule has 2 N–H and O–H groups in total. The number of hydrogen-bond donors (Lipinski definition) is 2. The molecule has 0 spiro atoms. The molecule has 1 aliphatic heterocycles. The first-order valence-electron chi connectivity index (χ1n) is 7.69. The summed E-state index contributed by atoms with van der Waals surface area (Å²) in [5, 5.41) is 13.5. The molecule has 5 nitrogen and oxygen atoms in total. The van der Waals surface area contributed by atoms with Gasteiger partial charge in [0.1, 0.15) is 0 Å². The van der Waals surface area contributed by atoms with E-state index < -0.39 is 9.84 Å². The number of pyridine rings is 1. The molecule has 2 aromatic carbocycles. The third-order valence-corrected chi connectivity index (χ3v) is 6.11. The number of fused-ring (bicyclic) bond motifs is 3. The van der Waals surface area contributed by atoms with Crippen molar-refractivity contribution in [2.45, 2.75) is 17.9 Å². The topological polar surface area (TPSA) is 79.3 Å². The van der Waals surface area contributed by atoms with Gasteiger partial charge in [-0.25, -0.2) is 8.42 Å². The Morgan fingerprint density at radius 3 is 2.88 bits per heavy atom. The molecule has 2 heterocycles. The van der Waals surface area contributed by atoms with Crippen LogP contribution in [0.1, 0.15) is 11.1 Å². The zero-order chi connectivity index (χ0) is 16.7. The number of sulfone groups is 1. The predicted molar refractivity (Wildman–Crippen MR) is 93.1 cm³/mol. The van der Waals surface area contributed by atoms with E-state index in [-0.39, 0.29) is 12.4 Å². The standard InChI is InChI=1S/C18H16N2O3S/c21-11-12-2-1-3-13(10-12)20-16-6-8-19-15-4-5-17-14(18(15)16)7-9-24(17,22)23/h1-6,8,10,21H,7,9,11H2,(H,19,20). The Hall–Kier alpha value is -2.44. The van der Waals surface area contributed by atoms with E-state index in [0.717, 1.165) is 33.4 Å². The van der Waals surface area contributed by atoms with E-state index in [9.17, 15) is 13.5 Å². The van der Waals surface area contributed by atoms with E-state index in [1.54, 1.807) is 18.3 Å². The quantitative estimate of drug-likeness (QED) is 0.766. The summed E-state index contributed by atoms with van der Waals surface area (Å²) in [5.74, 6) is 0.149. The molecule has 4 rings (SSSR count). The molecule has 0 bridgehead atoms. The lowest BCUT2D eigenvalue weighted by Gasteiger charge is -2.13. The number of hydrogen-bond acceptors (Lipinski definition) is 5. The van der Waals surface area contributed by atoms with Crippen molar-refractivity contribution >= 4 is 32.1 Å². The lowest BCUT2D eigenvalue weighted by molar-refractivity contribution is 0.282. The summed E-state index contributed by atoms with van der Waals surface area (Å²) in [5.41, 5.74) is 4.08. The second-order valence-corrected chi connectivity index (χ2v) is 7.92. The van der Waals surface area contributed by atoms with Crippen LogP contribution >= 0.6 is 0 Å². The first-order chi connectivity index (χ1) is 11.6. The second kappa shape index (κ2) is 5.58. The Morgan fingerprint density at radius 1 is 1.17 bits per heavy atom. The highest BCUT2D eigenvalue weighted by atomic mass is 32.2. The van der Waals surface area contributed by atoms with Crippen LogP contribution in [0.15, 0.2) is 53.6 Å². The van der Waals surface area contributed by atoms with Crippen LogP contribution in [0.3, 0.4) is 0 Å². The van der Waals surface area contributed by atoms with Crippen LogP contribution in [0, 0.1) is 0 Å². The minimum atomic E-state index is -3.19. The van der Waals surface area contributed by atoms with E-state index in [1.165, 1.54) is 0 Å². The number of aliphatic hydroxyl groups excluding tert-OH is 1. The number of rotatable bonds is 3. The van der Waals surface area contributed by atoms with Crippen LogP contribution in [-0.2, 0) is 22.9 Å². The van der Waals surface area contributed by atoms with Gasteiger partial charge in [0, 0.05) is 23.0 Å². The van der Waals surface area contributed by atoms with Crippen LogP contribution in [0.25, 0.3) is 10.9 Å². The van der Waals surface area contributed by atoms with Crippen molar-refractivity contribution in [3.05, 3.63) is 59.8 Å². The van der Waals surface area contributed by atoms with Crippen molar-refractivity contribution < 1.29 is 13.5 Å². The van der Waals surface area contributed by atoms with Crippen molar-refractivity contribution in [3.8, 4) is 0 Å². The summed E-state index contributed by atoms with van der Waals surface area (Å²) < 4.78 is 24.4. The zero-order valence-electron chi connectivity index (χ0n) is 12.9. The monoisotopic (exact) mass is 340 g/mol. The summed E-state index contributed by atoms with van der Waals surface area (Å²) >= 11 is 0. The number of nitrogens with one attached hydrogen (secondary N) is 1. The summed E-state index contributed by atoms with van der Waals surface area (Å²) in [6, 6.07) is 12.7. The molecule has 0 unspecified atom stereocenters. The van der Waals surface area contributed by atoms with Crippen molar-refractivity contribution in [3.63, 3.8) is 0 Å². The van der Waals surface area contributed by atoms with Crippen molar-refractivity contribution in [2.24, 2.45) is 0 Å². The summed E-state index contributed by atoms with van der Waals surface area (Å²) in [7, 11) is -3.19. The minimum Gasteiger partial charge on any atom is -0.392 e. The number of benzene rings is 2. The highest BCUT2D eigenvalue weighted by molar-refractivity contribution is 7.91. The van der Waals surface area contributed by atoms with Gasteiger partial charge in [-0.15, -0.1) is 0 Å². The van der Waals surface area contributed by atoms with Gasteiger partial charge in [-0.05, 0) is 47.9 Å². The molecule has 0 radical (unpaired) electrons. The SMILES string of the molecule is O=S1(=O)CCc2c1ccc1nccc(Nc3cccc(CO)c3)c21. The van der Waals surface area contributed by atoms with Crippen LogP contribution in [0.4, 0.5) is 11.4 Å². The fraction of sp³-hybridized carbons (Fsp3) is 0.167. The Balaban J connectivity index is 1.88. The van der Waals surface area contributed by atoms with Crippen LogP contribution in [-0.4, -0.2) is 24.3 Å². The average Bonchev–Trinajstić information content (AvgIpc) is 2.90. The minimum absolute atomic E-state index is 0.0275. The van der Waals surface area contributed by atoms with E-state index in [2.05, 4.69) is 10.3 Å². The second-order valence-electron chi connectivity index (χ2n) is 5.85. The van der Waals surface area contributed by atoms with E-state index >= 15 is 0 Å². The van der Waals surface area contributed by atoms with Gasteiger partial charge >= 0.3 is 0 Å². The van der Waals surface area contributed by atoms with Crippen LogP contribution in [0.5, 0.6) is 0 Å². The Bertz CT molecular complexity index is 1050. The average molecular weight is 340 g/mol. The fourth-order valence-corrected chi connectivity index (χ4v) is 4.74. The summed E-state index contributed by atoms with van der Waals surface area (Å²) in [6.45, 7) is -0.0275. The molecule has 0 saturated carbocycles. The number of nitrogens with zero attached hydrogens (tertiary/aromatic N) is 1. The smallest absolute Gasteiger partial charge is 0.179 e. The van der Waals surface area contributed by atoms with Gasteiger partial charge in [0.15, 0.2) is 9.84 Å². The van der Waals surface area contributed by atoms with Gasteiger partial charge in [-0.2, -0.15) is 0 Å². The third-order valence-electron chi connectivity index (χ3n) is 4.32. The zero-order valence-corrected chi connectivity index (χ0v) is 13.7. The predicted octanol–water partition coefficient (Wildman–Crippen LogP) is 2.80. The highest BCUT2D eigenvalue weighted by Gasteiger charge is 2.28. The fourth-order valence-electron chi connectivity index (χ4n) is 3.19.